The summed E-state index contributed by atoms with van der Waals surface area (Å²) in [5, 5.41) is 1.87. The molecular weight excluding hydrogens is 485 g/mol. The predicted molar refractivity (Wildman–Crippen MR) is 125 cm³/mol. The molecule has 0 radical (unpaired) electrons. The maximum atomic E-state index is 15.1. The van der Waals surface area contributed by atoms with Gasteiger partial charge in [-0.25, -0.2) is 22.9 Å². The summed E-state index contributed by atoms with van der Waals surface area (Å²) in [4.78, 5) is 25.3. The molecule has 3 N–H and O–H groups in total. The quantitative estimate of drug-likeness (QED) is 0.633. The first-order valence-electron chi connectivity index (χ1n) is 10.8. The van der Waals surface area contributed by atoms with Crippen molar-refractivity contribution in [3.05, 3.63) is 47.7 Å². The highest BCUT2D eigenvalue weighted by Crippen LogP contribution is 2.46. The third-order valence-corrected chi connectivity index (χ3v) is 10.1. The van der Waals surface area contributed by atoms with Crippen LogP contribution in [-0.4, -0.2) is 49.1 Å². The zero-order valence-electron chi connectivity index (χ0n) is 19.3. The average molecular weight is 511 g/mol. The van der Waals surface area contributed by atoms with E-state index in [1.54, 1.807) is 20.8 Å². The number of rotatable bonds is 5. The van der Waals surface area contributed by atoms with E-state index in [2.05, 4.69) is 29.4 Å². The number of ether oxygens (including phenoxy) is 1. The first kappa shape index (κ1) is 24.9. The molecule has 35 heavy (non-hydrogen) atoms. The van der Waals surface area contributed by atoms with E-state index in [1.165, 1.54) is 18.2 Å². The summed E-state index contributed by atoms with van der Waals surface area (Å²) < 4.78 is 61.5. The van der Waals surface area contributed by atoms with Crippen molar-refractivity contribution in [3.8, 4) is 5.75 Å². The second kappa shape index (κ2) is 8.77. The molecule has 2 aliphatic rings. The lowest BCUT2D eigenvalue weighted by molar-refractivity contribution is -0.0500. The fraction of sp³-hybridized carbons (Fsp3) is 0.455. The van der Waals surface area contributed by atoms with Gasteiger partial charge in [-0.2, -0.15) is 8.78 Å². The Bertz CT molecular complexity index is 1310. The minimum Gasteiger partial charge on any atom is -0.433 e. The number of nitrogens with zero attached hydrogens (tertiary/aromatic N) is 4. The number of aromatic nitrogens is 2. The number of nitrogens with two attached hydrogens (primary N) is 1. The first-order chi connectivity index (χ1) is 16.4. The lowest BCUT2D eigenvalue weighted by atomic mass is 9.89. The molecule has 0 saturated heterocycles. The Morgan fingerprint density at radius 1 is 1.26 bits per heavy atom. The van der Waals surface area contributed by atoms with Gasteiger partial charge in [0, 0.05) is 6.54 Å². The number of alkyl halides is 2. The molecule has 0 aliphatic carbocycles. The number of amidine groups is 1. The van der Waals surface area contributed by atoms with Gasteiger partial charge in [-0.15, -0.1) is 0 Å². The topological polar surface area (TPSA) is 132 Å². The molecule has 0 bridgehead atoms. The van der Waals surface area contributed by atoms with E-state index in [0.717, 1.165) is 12.3 Å². The van der Waals surface area contributed by atoms with Gasteiger partial charge in [0.2, 0.25) is 0 Å². The van der Waals surface area contributed by atoms with Gasteiger partial charge in [-0.3, -0.25) is 9.79 Å². The van der Waals surface area contributed by atoms with Crippen molar-refractivity contribution in [2.45, 2.75) is 55.8 Å². The average Bonchev–Trinajstić information content (AvgIpc) is 2.79. The van der Waals surface area contributed by atoms with Crippen LogP contribution in [0.25, 0.3) is 0 Å². The summed E-state index contributed by atoms with van der Waals surface area (Å²) in [5.41, 5.74) is 4.64. The van der Waals surface area contributed by atoms with E-state index in [4.69, 9.17) is 5.73 Å². The van der Waals surface area contributed by atoms with Crippen LogP contribution in [0.4, 0.5) is 19.0 Å². The number of hydrogen-bond acceptors (Lipinski definition) is 8. The Morgan fingerprint density at radius 2 is 2.00 bits per heavy atom. The van der Waals surface area contributed by atoms with E-state index in [-0.39, 0.29) is 28.8 Å². The number of pyridine rings is 2. The van der Waals surface area contributed by atoms with Crippen LogP contribution in [0.1, 0.15) is 49.8 Å². The zero-order valence-corrected chi connectivity index (χ0v) is 20.1. The highest BCUT2D eigenvalue weighted by atomic mass is 32.2. The molecule has 2 aromatic heterocycles. The van der Waals surface area contributed by atoms with Crippen LogP contribution >= 0.6 is 0 Å². The smallest absolute Gasteiger partial charge is 0.387 e. The van der Waals surface area contributed by atoms with Gasteiger partial charge in [-0.05, 0) is 57.9 Å². The SMILES string of the molecule is CC1(C)C(N)=N[C@](C)(c2nc(NC(=O)c3ccc(OC(F)F)cn3)ccc2F)[C@H]2CCCN=[S@@]21=O. The summed E-state index contributed by atoms with van der Waals surface area (Å²) in [6.45, 7) is 2.47. The van der Waals surface area contributed by atoms with Crippen LogP contribution in [0.15, 0.2) is 39.8 Å². The van der Waals surface area contributed by atoms with Crippen LogP contribution in [0.5, 0.6) is 5.75 Å². The van der Waals surface area contributed by atoms with E-state index in [0.29, 0.717) is 19.4 Å². The maximum absolute atomic E-state index is 15.1. The number of fused-ring (bicyclic) bond motifs is 1. The van der Waals surface area contributed by atoms with E-state index in [9.17, 15) is 17.8 Å². The largest absolute Gasteiger partial charge is 0.433 e. The minimum absolute atomic E-state index is 0.000171. The third-order valence-electron chi connectivity index (χ3n) is 6.38. The van der Waals surface area contributed by atoms with Gasteiger partial charge in [0.15, 0.2) is 0 Å². The molecule has 0 fully saturated rings. The first-order valence-corrected chi connectivity index (χ1v) is 12.4. The van der Waals surface area contributed by atoms with Crippen LogP contribution in [-0.2, 0) is 15.3 Å². The van der Waals surface area contributed by atoms with Crippen molar-refractivity contribution >= 4 is 27.3 Å². The van der Waals surface area contributed by atoms with Gasteiger partial charge in [-0.1, -0.05) is 0 Å². The number of amides is 1. The van der Waals surface area contributed by atoms with Gasteiger partial charge < -0.3 is 15.8 Å². The zero-order chi connectivity index (χ0) is 25.6. The number of aliphatic imine (C=N–C) groups is 1. The Kier molecular flexibility index (Phi) is 6.24. The molecule has 2 aromatic rings. The fourth-order valence-electron chi connectivity index (χ4n) is 4.38. The molecule has 0 aromatic carbocycles. The van der Waals surface area contributed by atoms with Crippen molar-refractivity contribution in [1.29, 1.82) is 0 Å². The lowest BCUT2D eigenvalue weighted by Crippen LogP contribution is -2.60. The van der Waals surface area contributed by atoms with Crippen molar-refractivity contribution in [2.24, 2.45) is 15.1 Å². The fourth-order valence-corrected chi connectivity index (χ4v) is 7.61. The molecule has 0 saturated carbocycles. The van der Waals surface area contributed by atoms with Gasteiger partial charge in [0.25, 0.3) is 5.91 Å². The summed E-state index contributed by atoms with van der Waals surface area (Å²) >= 11 is 0. The molecule has 4 rings (SSSR count). The highest BCUT2D eigenvalue weighted by Gasteiger charge is 2.56. The molecular formula is C22H25F3N6O3S. The van der Waals surface area contributed by atoms with Gasteiger partial charge in [0.1, 0.15) is 44.9 Å². The van der Waals surface area contributed by atoms with Crippen molar-refractivity contribution < 1.29 is 26.9 Å². The summed E-state index contributed by atoms with van der Waals surface area (Å²) in [6, 6.07) is 4.76. The molecule has 0 unspecified atom stereocenters. The maximum Gasteiger partial charge on any atom is 0.387 e. The molecule has 2 aliphatic heterocycles. The van der Waals surface area contributed by atoms with E-state index >= 15 is 4.39 Å². The molecule has 13 heteroatoms. The number of carbonyl (C=O) groups is 1. The molecule has 9 nitrogen and oxygen atoms in total. The van der Waals surface area contributed by atoms with Crippen molar-refractivity contribution in [2.75, 3.05) is 11.9 Å². The van der Waals surface area contributed by atoms with E-state index in [1.807, 2.05) is 0 Å². The van der Waals surface area contributed by atoms with Crippen LogP contribution in [0.2, 0.25) is 0 Å². The standard InChI is InChI=1S/C22H25F3N6O3S/c1-21(2)19(26)31-22(3,15-5-4-10-28-35(15,21)33)17-13(23)7-9-16(29-17)30-18(32)14-8-6-12(11-27-14)34-20(24)25/h6-9,11,15,20H,4-5,10H2,1-3H3,(H2,26,31)(H,29,30,32)/t15-,22+,35-/m1/s1. The Balaban J connectivity index is 1.69. The molecule has 188 valence electrons. The third kappa shape index (κ3) is 4.21. The highest BCUT2D eigenvalue weighted by molar-refractivity contribution is 7.96. The molecule has 3 atom stereocenters. The monoisotopic (exact) mass is 510 g/mol. The van der Waals surface area contributed by atoms with E-state index < -0.39 is 43.6 Å². The van der Waals surface area contributed by atoms with Crippen LogP contribution < -0.4 is 15.8 Å². The van der Waals surface area contributed by atoms with Gasteiger partial charge >= 0.3 is 6.61 Å². The van der Waals surface area contributed by atoms with Crippen LogP contribution in [0.3, 0.4) is 0 Å². The van der Waals surface area contributed by atoms with Gasteiger partial charge in [0.05, 0.1) is 21.2 Å². The second-order valence-corrected chi connectivity index (χ2v) is 11.9. The Hall–Kier alpha value is -3.22. The number of hydrogen-bond donors (Lipinski definition) is 2. The second-order valence-electron chi connectivity index (χ2n) is 8.95. The van der Waals surface area contributed by atoms with Crippen molar-refractivity contribution in [1.82, 2.24) is 9.97 Å². The minimum atomic E-state index is -3.02. The Labute approximate surface area is 200 Å². The lowest BCUT2D eigenvalue weighted by Gasteiger charge is -2.47. The Morgan fingerprint density at radius 3 is 2.66 bits per heavy atom. The van der Waals surface area contributed by atoms with Crippen LogP contribution in [0, 0.1) is 5.82 Å². The normalized spacial score (nSPS) is 27.4. The summed E-state index contributed by atoms with van der Waals surface area (Å²) in [6.07, 6.45) is 2.14. The molecule has 0 spiro atoms. The number of anilines is 1. The number of carbonyl (C=O) groups excluding carboxylic acids is 1. The summed E-state index contributed by atoms with van der Waals surface area (Å²) in [7, 11) is -2.92. The number of halogens is 3. The number of nitrogens with one attached hydrogen (secondary N) is 1. The molecule has 4 heterocycles. The molecule has 1 amide bonds. The summed E-state index contributed by atoms with van der Waals surface area (Å²) in [5.74, 6) is -1.50. The predicted octanol–water partition coefficient (Wildman–Crippen LogP) is 3.46. The van der Waals surface area contributed by atoms with Crippen molar-refractivity contribution in [3.63, 3.8) is 0 Å².